The van der Waals surface area contributed by atoms with Crippen LogP contribution in [0.2, 0.25) is 0 Å². The second-order valence-corrected chi connectivity index (χ2v) is 4.70. The molecule has 0 saturated heterocycles. The van der Waals surface area contributed by atoms with Crippen LogP contribution in [0, 0.1) is 0 Å². The van der Waals surface area contributed by atoms with Crippen LogP contribution in [0.4, 0.5) is 4.53 Å². The Morgan fingerprint density at radius 1 is 0.625 bits per heavy atom. The summed E-state index contributed by atoms with van der Waals surface area (Å²) in [6, 6.07) is 0. The third-order valence-electron chi connectivity index (χ3n) is 3.08. The Kier molecular flexibility index (Phi) is 14.8. The lowest BCUT2D eigenvalue weighted by molar-refractivity contribution is -0.133. The van der Waals surface area contributed by atoms with E-state index < -0.39 is 0 Å². The van der Waals surface area contributed by atoms with Crippen LogP contribution in [0.15, 0.2) is 0 Å². The van der Waals surface area contributed by atoms with Crippen molar-refractivity contribution in [3.8, 4) is 0 Å². The van der Waals surface area contributed by atoms with Crippen LogP contribution < -0.4 is 0 Å². The zero-order valence-electron chi connectivity index (χ0n) is 11.0. The highest BCUT2D eigenvalue weighted by Crippen LogP contribution is 2.11. The first-order valence-corrected chi connectivity index (χ1v) is 7.15. The molecule has 0 N–H and O–H groups in total. The van der Waals surface area contributed by atoms with Gasteiger partial charge < -0.3 is 0 Å². The molecule has 98 valence electrons. The lowest BCUT2D eigenvalue weighted by atomic mass is 10.1. The zero-order chi connectivity index (χ0) is 11.9. The topological polar surface area (TPSA) is 9.23 Å². The van der Waals surface area contributed by atoms with Gasteiger partial charge in [-0.05, 0) is 10.9 Å². The molecule has 0 aromatic carbocycles. The van der Waals surface area contributed by atoms with Gasteiger partial charge in [0.15, 0.2) is 0 Å². The van der Waals surface area contributed by atoms with Crippen molar-refractivity contribution in [3.63, 3.8) is 0 Å². The van der Waals surface area contributed by atoms with E-state index in [2.05, 4.69) is 11.9 Å². The predicted molar refractivity (Wildman–Crippen MR) is 68.1 cm³/mol. The highest BCUT2D eigenvalue weighted by molar-refractivity contribution is 4.48. The van der Waals surface area contributed by atoms with E-state index in [9.17, 15) is 4.53 Å². The largest absolute Gasteiger partial charge is 0.194 e. The quantitative estimate of drug-likeness (QED) is 0.376. The van der Waals surface area contributed by atoms with Crippen LogP contribution in [0.3, 0.4) is 0 Å². The Balaban J connectivity index is 2.83. The average Bonchev–Trinajstić information content (AvgIpc) is 2.31. The minimum absolute atomic E-state index is 0.275. The molecule has 0 atom stereocenters. The molecule has 0 spiro atoms. The highest BCUT2D eigenvalue weighted by atomic mass is 19.3. The number of hydrogen-bond donors (Lipinski definition) is 0. The number of rotatable bonds is 13. The van der Waals surface area contributed by atoms with Crippen molar-refractivity contribution in [2.45, 2.75) is 84.0 Å². The van der Waals surface area contributed by atoms with Crippen LogP contribution in [0.25, 0.3) is 0 Å². The Labute approximate surface area is 101 Å². The summed E-state index contributed by atoms with van der Waals surface area (Å²) in [6.07, 6.45) is 15.6. The minimum Gasteiger partial charge on any atom is -0.194 e. The average molecular weight is 232 g/mol. The maximum absolute atomic E-state index is 11.3. The van der Waals surface area contributed by atoms with E-state index in [-0.39, 0.29) is 6.61 Å². The summed E-state index contributed by atoms with van der Waals surface area (Å²) in [4.78, 5) is 3.53. The second-order valence-electron chi connectivity index (χ2n) is 4.70. The predicted octanol–water partition coefficient (Wildman–Crippen LogP) is 5.59. The molecule has 0 fully saturated rings. The second kappa shape index (κ2) is 14.9. The van der Waals surface area contributed by atoms with Crippen LogP contribution in [0.1, 0.15) is 84.0 Å². The van der Waals surface area contributed by atoms with Gasteiger partial charge in [0.1, 0.15) is 0 Å². The molecule has 0 aliphatic heterocycles. The Bertz CT molecular complexity index is 103. The molecule has 0 radical (unpaired) electrons. The summed E-state index contributed by atoms with van der Waals surface area (Å²) in [5, 5.41) is 0. The number of hydrogen-bond acceptors (Lipinski definition) is 1. The van der Waals surface area contributed by atoms with E-state index in [1.807, 2.05) is 0 Å². The molecule has 0 rings (SSSR count). The molecule has 0 saturated carbocycles. The summed E-state index contributed by atoms with van der Waals surface area (Å²) >= 11 is 0. The first kappa shape index (κ1) is 15.9. The molecule has 0 aromatic rings. The monoisotopic (exact) mass is 232 g/mol. The van der Waals surface area contributed by atoms with Gasteiger partial charge in [-0.1, -0.05) is 77.6 Å². The molecule has 0 aliphatic carbocycles. The van der Waals surface area contributed by atoms with Gasteiger partial charge in [-0.25, -0.2) is 0 Å². The molecular formula is C14H29FO. The van der Waals surface area contributed by atoms with Crippen molar-refractivity contribution in [2.24, 2.45) is 0 Å². The third-order valence-corrected chi connectivity index (χ3v) is 3.08. The van der Waals surface area contributed by atoms with E-state index in [4.69, 9.17) is 0 Å². The Hall–Kier alpha value is -0.110. The van der Waals surface area contributed by atoms with Crippen molar-refractivity contribution < 1.29 is 9.47 Å². The normalized spacial score (nSPS) is 10.9. The van der Waals surface area contributed by atoms with Crippen molar-refractivity contribution in [1.82, 2.24) is 0 Å². The van der Waals surface area contributed by atoms with Crippen molar-refractivity contribution >= 4 is 0 Å². The molecule has 16 heavy (non-hydrogen) atoms. The third kappa shape index (κ3) is 13.9. The molecule has 0 heterocycles. The van der Waals surface area contributed by atoms with E-state index in [0.717, 1.165) is 12.8 Å². The van der Waals surface area contributed by atoms with Gasteiger partial charge in [-0.2, -0.15) is 4.94 Å². The van der Waals surface area contributed by atoms with Crippen LogP contribution in [-0.2, 0) is 4.94 Å². The van der Waals surface area contributed by atoms with Gasteiger partial charge >= 0.3 is 0 Å². The minimum atomic E-state index is 0.275. The molecule has 0 unspecified atom stereocenters. The molecule has 0 aliphatic rings. The van der Waals surface area contributed by atoms with Crippen LogP contribution in [-0.4, -0.2) is 6.61 Å². The van der Waals surface area contributed by atoms with Gasteiger partial charge in [-0.3, -0.25) is 0 Å². The van der Waals surface area contributed by atoms with E-state index in [1.165, 1.54) is 64.2 Å². The lowest BCUT2D eigenvalue weighted by Crippen LogP contribution is -1.86. The summed E-state index contributed by atoms with van der Waals surface area (Å²) in [6.45, 7) is 2.53. The van der Waals surface area contributed by atoms with Gasteiger partial charge in [0, 0.05) is 0 Å². The fraction of sp³-hybridized carbons (Fsp3) is 1.00. The number of halogens is 1. The van der Waals surface area contributed by atoms with Gasteiger partial charge in [0.25, 0.3) is 0 Å². The maximum atomic E-state index is 11.3. The van der Waals surface area contributed by atoms with Crippen molar-refractivity contribution in [2.75, 3.05) is 6.61 Å². The summed E-state index contributed by atoms with van der Waals surface area (Å²) in [5.74, 6) is 0. The molecule has 0 bridgehead atoms. The number of unbranched alkanes of at least 4 members (excludes halogenated alkanes) is 11. The van der Waals surface area contributed by atoms with E-state index in [1.54, 1.807) is 0 Å². The maximum Gasteiger partial charge on any atom is 0.0876 e. The van der Waals surface area contributed by atoms with Crippen molar-refractivity contribution in [3.05, 3.63) is 0 Å². The van der Waals surface area contributed by atoms with Gasteiger partial charge in [0.05, 0.1) is 6.61 Å². The van der Waals surface area contributed by atoms with Gasteiger partial charge in [-0.15, -0.1) is 0 Å². The fourth-order valence-electron chi connectivity index (χ4n) is 2.00. The Morgan fingerprint density at radius 2 is 1.00 bits per heavy atom. The Morgan fingerprint density at radius 3 is 1.38 bits per heavy atom. The zero-order valence-corrected chi connectivity index (χ0v) is 11.0. The fourth-order valence-corrected chi connectivity index (χ4v) is 2.00. The first-order valence-electron chi connectivity index (χ1n) is 7.15. The molecular weight excluding hydrogens is 203 g/mol. The summed E-state index contributed by atoms with van der Waals surface area (Å²) in [7, 11) is 0. The van der Waals surface area contributed by atoms with Gasteiger partial charge in [0.2, 0.25) is 0 Å². The van der Waals surface area contributed by atoms with Crippen LogP contribution >= 0.6 is 0 Å². The molecule has 1 nitrogen and oxygen atoms in total. The van der Waals surface area contributed by atoms with Crippen LogP contribution in [0.5, 0.6) is 0 Å². The van der Waals surface area contributed by atoms with E-state index in [0.29, 0.717) is 0 Å². The standard InChI is InChI=1S/C14H29FO/c1-2-3-4-5-6-7-8-9-10-11-12-13-14-16-15/h2-14H2,1H3. The summed E-state index contributed by atoms with van der Waals surface area (Å²) < 4.78 is 11.3. The lowest BCUT2D eigenvalue weighted by Gasteiger charge is -2.02. The molecule has 0 aromatic heterocycles. The highest BCUT2D eigenvalue weighted by Gasteiger charge is 1.93. The first-order chi connectivity index (χ1) is 7.91. The summed E-state index contributed by atoms with van der Waals surface area (Å²) in [5.41, 5.74) is 0. The smallest absolute Gasteiger partial charge is 0.0876 e. The molecule has 0 amide bonds. The van der Waals surface area contributed by atoms with E-state index >= 15 is 0 Å². The molecule has 2 heteroatoms. The van der Waals surface area contributed by atoms with Crippen molar-refractivity contribution in [1.29, 1.82) is 0 Å². The SMILES string of the molecule is CCCCCCCCCCCCCCOF.